The number of rotatable bonds is 6. The van der Waals surface area contributed by atoms with Crippen LogP contribution in [0, 0.1) is 5.41 Å². The Morgan fingerprint density at radius 1 is 1.41 bits per heavy atom. The number of ether oxygens (including phenoxy) is 2. The van der Waals surface area contributed by atoms with E-state index in [0.29, 0.717) is 0 Å². The number of β-lactam (4-membered cyclic amide) rings is 1. The lowest BCUT2D eigenvalue weighted by atomic mass is 10.1. The third-order valence-electron chi connectivity index (χ3n) is 3.91. The molecule has 1 aromatic heterocycles. The van der Waals surface area contributed by atoms with E-state index in [-0.39, 0.29) is 34.3 Å². The predicted molar refractivity (Wildman–Crippen MR) is 96.6 cm³/mol. The summed E-state index contributed by atoms with van der Waals surface area (Å²) in [5, 5.41) is 19.3. The molecule has 1 unspecified atom stereocenters. The molecule has 29 heavy (non-hydrogen) atoms. The Bertz CT molecular complexity index is 996. The molecule has 2 aliphatic rings. The number of Topliss-reactive ketones (excluding diaryl/α,β-unsaturated/α-hetero) is 1. The number of ketones is 1. The van der Waals surface area contributed by atoms with Crippen molar-refractivity contribution in [1.29, 1.82) is 5.41 Å². The minimum Gasteiger partial charge on any atom is -0.461 e. The first-order valence-corrected chi connectivity index (χ1v) is 9.90. The van der Waals surface area contributed by atoms with Gasteiger partial charge in [0.1, 0.15) is 23.7 Å². The van der Waals surface area contributed by atoms with Gasteiger partial charge in [-0.3, -0.25) is 29.5 Å². The van der Waals surface area contributed by atoms with Crippen LogP contribution in [0.4, 0.5) is 4.79 Å². The van der Waals surface area contributed by atoms with Gasteiger partial charge in [-0.05, 0) is 0 Å². The fourth-order valence-corrected chi connectivity index (χ4v) is 4.51. The van der Waals surface area contributed by atoms with Crippen molar-refractivity contribution in [3.05, 3.63) is 27.3 Å². The maximum Gasteiger partial charge on any atom is 0.512 e. The van der Waals surface area contributed by atoms with Gasteiger partial charge in [-0.15, -0.1) is 23.1 Å². The van der Waals surface area contributed by atoms with Crippen LogP contribution in [0.25, 0.3) is 0 Å². The molecule has 0 radical (unpaired) electrons. The topological polar surface area (TPSA) is 179 Å². The van der Waals surface area contributed by atoms with Gasteiger partial charge in [0.05, 0.1) is 0 Å². The molecule has 1 saturated heterocycles. The SMILES string of the molecule is CC(=O)OCC1=C(OC(=O)O)N2C(=O)C(NC(=O)C(=O)c3csc(=N)[nH]3)[C@@H]2SC1. The number of hydrogen-bond donors (Lipinski definition) is 4. The molecule has 1 fully saturated rings. The summed E-state index contributed by atoms with van der Waals surface area (Å²) in [4.78, 5) is 62.2. The number of aromatic amines is 1. The molecule has 0 bridgehead atoms. The Hall–Kier alpha value is -3.13. The average Bonchev–Trinajstić information content (AvgIpc) is 3.09. The van der Waals surface area contributed by atoms with Crippen LogP contribution in [0.1, 0.15) is 17.4 Å². The summed E-state index contributed by atoms with van der Waals surface area (Å²) in [7, 11) is 0. The zero-order chi connectivity index (χ0) is 21.3. The number of hydrogen-bond acceptors (Lipinski definition) is 10. The number of fused-ring (bicyclic) bond motifs is 1. The van der Waals surface area contributed by atoms with Crippen molar-refractivity contribution >= 4 is 52.8 Å². The van der Waals surface area contributed by atoms with Crippen LogP contribution in [0.15, 0.2) is 16.8 Å². The minimum atomic E-state index is -1.65. The van der Waals surface area contributed by atoms with Crippen molar-refractivity contribution in [2.24, 2.45) is 0 Å². The van der Waals surface area contributed by atoms with E-state index in [1.54, 1.807) is 0 Å². The smallest absolute Gasteiger partial charge is 0.461 e. The van der Waals surface area contributed by atoms with Gasteiger partial charge in [-0.1, -0.05) is 0 Å². The van der Waals surface area contributed by atoms with E-state index in [1.807, 2.05) is 0 Å². The Balaban J connectivity index is 1.74. The van der Waals surface area contributed by atoms with Gasteiger partial charge in [0.2, 0.25) is 5.88 Å². The first kappa shape index (κ1) is 20.6. The van der Waals surface area contributed by atoms with Crippen molar-refractivity contribution in [1.82, 2.24) is 15.2 Å². The fraction of sp³-hybridized carbons (Fsp3) is 0.333. The molecule has 0 saturated carbocycles. The summed E-state index contributed by atoms with van der Waals surface area (Å²) in [6.07, 6.45) is -1.65. The zero-order valence-corrected chi connectivity index (χ0v) is 16.3. The fourth-order valence-electron chi connectivity index (χ4n) is 2.64. The van der Waals surface area contributed by atoms with Crippen LogP contribution in [-0.2, 0) is 23.9 Å². The van der Waals surface area contributed by atoms with E-state index in [0.717, 1.165) is 16.2 Å². The molecule has 14 heteroatoms. The Labute approximate surface area is 170 Å². The van der Waals surface area contributed by atoms with Gasteiger partial charge in [-0.2, -0.15) is 0 Å². The molecule has 1 aromatic rings. The predicted octanol–water partition coefficient (Wildman–Crippen LogP) is -0.392. The molecule has 2 aliphatic heterocycles. The van der Waals surface area contributed by atoms with E-state index in [9.17, 15) is 24.0 Å². The number of thioether (sulfide) groups is 1. The second kappa shape index (κ2) is 8.08. The lowest BCUT2D eigenvalue weighted by molar-refractivity contribution is -0.148. The zero-order valence-electron chi connectivity index (χ0n) is 14.7. The number of H-pyrrole nitrogens is 1. The molecule has 2 atom stereocenters. The highest BCUT2D eigenvalue weighted by molar-refractivity contribution is 8.00. The Morgan fingerprint density at radius 3 is 2.72 bits per heavy atom. The van der Waals surface area contributed by atoms with Crippen LogP contribution >= 0.6 is 23.1 Å². The number of aromatic nitrogens is 1. The molecule has 12 nitrogen and oxygen atoms in total. The van der Waals surface area contributed by atoms with E-state index in [1.165, 1.54) is 24.1 Å². The monoisotopic (exact) mass is 442 g/mol. The van der Waals surface area contributed by atoms with E-state index in [2.05, 4.69) is 10.3 Å². The number of thiazole rings is 1. The van der Waals surface area contributed by atoms with Gasteiger partial charge in [0.15, 0.2) is 4.80 Å². The van der Waals surface area contributed by atoms with Gasteiger partial charge in [0, 0.05) is 23.6 Å². The van der Waals surface area contributed by atoms with Crippen LogP contribution in [-0.4, -0.2) is 68.5 Å². The summed E-state index contributed by atoms with van der Waals surface area (Å²) in [6, 6.07) is -1.06. The third kappa shape index (κ3) is 4.17. The summed E-state index contributed by atoms with van der Waals surface area (Å²) >= 11 is 2.13. The number of amides is 2. The van der Waals surface area contributed by atoms with Crippen LogP contribution < -0.4 is 10.1 Å². The molecular weight excluding hydrogens is 428 g/mol. The first-order valence-electron chi connectivity index (χ1n) is 7.97. The van der Waals surface area contributed by atoms with Crippen LogP contribution in [0.5, 0.6) is 0 Å². The molecule has 3 heterocycles. The number of nitrogens with one attached hydrogen (secondary N) is 3. The summed E-state index contributed by atoms with van der Waals surface area (Å²) in [5.74, 6) is -3.30. The third-order valence-corrected chi connectivity index (χ3v) is 5.94. The number of carbonyl (C=O) groups is 5. The number of nitrogens with zero attached hydrogens (tertiary/aromatic N) is 1. The standard InChI is InChI=1S/C15H14N4O8S2/c1-5(20)26-2-6-3-28-13-8(11(23)19(13)12(6)27-15(24)25)18-10(22)9(21)7-4-29-14(16)17-7/h4,8,13H,2-3H2,1H3,(H2,16,17)(H,18,22)(H,24,25)/t8?,13-/m0/s1. The minimum absolute atomic E-state index is 0.00390. The maximum absolute atomic E-state index is 12.5. The molecule has 3 rings (SSSR count). The Kier molecular flexibility index (Phi) is 5.74. The highest BCUT2D eigenvalue weighted by atomic mass is 32.2. The van der Waals surface area contributed by atoms with E-state index in [4.69, 9.17) is 20.0 Å². The van der Waals surface area contributed by atoms with Crippen LogP contribution in [0.2, 0.25) is 0 Å². The molecule has 154 valence electrons. The summed E-state index contributed by atoms with van der Waals surface area (Å²) < 4.78 is 9.56. The number of carboxylic acid groups (broad SMARTS) is 1. The summed E-state index contributed by atoms with van der Waals surface area (Å²) in [5.41, 5.74) is 0.213. The number of esters is 1. The van der Waals surface area contributed by atoms with E-state index >= 15 is 0 Å². The molecule has 0 aromatic carbocycles. The van der Waals surface area contributed by atoms with Gasteiger partial charge >= 0.3 is 12.1 Å². The van der Waals surface area contributed by atoms with Crippen molar-refractivity contribution in [2.75, 3.05) is 12.4 Å². The quantitative estimate of drug-likeness (QED) is 0.197. The first-order chi connectivity index (χ1) is 13.7. The average molecular weight is 442 g/mol. The van der Waals surface area contributed by atoms with Gasteiger partial charge < -0.3 is 24.9 Å². The summed E-state index contributed by atoms with van der Waals surface area (Å²) in [6.45, 7) is 0.934. The number of carbonyl (C=O) groups excluding carboxylic acids is 4. The van der Waals surface area contributed by atoms with Crippen molar-refractivity contribution < 1.29 is 38.6 Å². The Morgan fingerprint density at radius 2 is 2.14 bits per heavy atom. The van der Waals surface area contributed by atoms with Crippen molar-refractivity contribution in [3.8, 4) is 0 Å². The maximum atomic E-state index is 12.5. The molecular formula is C15H14N4O8S2. The lowest BCUT2D eigenvalue weighted by Gasteiger charge is -2.48. The second-order valence-corrected chi connectivity index (χ2v) is 7.84. The van der Waals surface area contributed by atoms with Crippen molar-refractivity contribution in [3.63, 3.8) is 0 Å². The molecule has 0 spiro atoms. The van der Waals surface area contributed by atoms with Crippen LogP contribution in [0.3, 0.4) is 0 Å². The highest BCUT2D eigenvalue weighted by Crippen LogP contribution is 2.40. The molecule has 0 aliphatic carbocycles. The lowest BCUT2D eigenvalue weighted by Crippen LogP contribution is -2.70. The second-order valence-electron chi connectivity index (χ2n) is 5.85. The van der Waals surface area contributed by atoms with Gasteiger partial charge in [0.25, 0.3) is 17.6 Å². The molecule has 2 amide bonds. The van der Waals surface area contributed by atoms with Crippen molar-refractivity contribution in [2.45, 2.75) is 18.3 Å². The van der Waals surface area contributed by atoms with E-state index < -0.39 is 41.1 Å². The van der Waals surface area contributed by atoms with Gasteiger partial charge in [-0.25, -0.2) is 4.79 Å². The molecule has 4 N–H and O–H groups in total. The normalized spacial score (nSPS) is 20.4. The highest BCUT2D eigenvalue weighted by Gasteiger charge is 2.54. The largest absolute Gasteiger partial charge is 0.512 e.